The molecule has 0 radical (unpaired) electrons. The van der Waals surface area contributed by atoms with Crippen molar-refractivity contribution in [3.8, 4) is 6.07 Å². The van der Waals surface area contributed by atoms with E-state index in [0.29, 0.717) is 10.4 Å². The second-order valence-corrected chi connectivity index (χ2v) is 4.31. The number of nitriles is 1. The van der Waals surface area contributed by atoms with Crippen molar-refractivity contribution in [2.45, 2.75) is 11.1 Å². The Labute approximate surface area is 79.2 Å². The second-order valence-electron chi connectivity index (χ2n) is 2.18. The summed E-state index contributed by atoms with van der Waals surface area (Å²) in [6.45, 7) is 1.51. The molecule has 0 saturated heterocycles. The van der Waals surface area contributed by atoms with E-state index in [1.54, 1.807) is 6.07 Å². The fourth-order valence-corrected chi connectivity index (χ4v) is 2.44. The Balaban J connectivity index is 3.16. The average molecular weight is 197 g/mol. The third-order valence-corrected chi connectivity index (χ3v) is 3.72. The highest BCUT2D eigenvalue weighted by molar-refractivity contribution is 8.00. The van der Waals surface area contributed by atoms with Gasteiger partial charge in [0.1, 0.15) is 6.07 Å². The average Bonchev–Trinajstić information content (AvgIpc) is 2.46. The SMILES string of the molecule is CSc1sc(C(C)=O)cc1C#N. The van der Waals surface area contributed by atoms with E-state index in [-0.39, 0.29) is 5.78 Å². The first-order valence-corrected chi connectivity index (χ1v) is 5.32. The number of rotatable bonds is 2. The number of ketones is 1. The number of Topliss-reactive ketones (excluding diaryl/α,β-unsaturated/α-hetero) is 1. The van der Waals surface area contributed by atoms with E-state index in [4.69, 9.17) is 5.26 Å². The zero-order valence-electron chi connectivity index (χ0n) is 6.75. The molecule has 0 bridgehead atoms. The topological polar surface area (TPSA) is 40.9 Å². The minimum atomic E-state index is 0.0248. The van der Waals surface area contributed by atoms with Crippen LogP contribution in [0.25, 0.3) is 0 Å². The van der Waals surface area contributed by atoms with Gasteiger partial charge in [0.05, 0.1) is 14.6 Å². The standard InChI is InChI=1S/C8H7NOS2/c1-5(10)7-3-6(4-9)8(11-2)12-7/h3H,1-2H3. The van der Waals surface area contributed by atoms with Gasteiger partial charge in [0, 0.05) is 0 Å². The van der Waals surface area contributed by atoms with Crippen molar-refractivity contribution in [3.63, 3.8) is 0 Å². The van der Waals surface area contributed by atoms with Crippen LogP contribution in [0.2, 0.25) is 0 Å². The van der Waals surface area contributed by atoms with E-state index in [0.717, 1.165) is 4.21 Å². The van der Waals surface area contributed by atoms with Crippen molar-refractivity contribution >= 4 is 28.9 Å². The van der Waals surface area contributed by atoms with Crippen molar-refractivity contribution < 1.29 is 4.79 Å². The van der Waals surface area contributed by atoms with Gasteiger partial charge in [-0.25, -0.2) is 0 Å². The molecule has 1 rings (SSSR count). The smallest absolute Gasteiger partial charge is 0.169 e. The third kappa shape index (κ3) is 1.68. The van der Waals surface area contributed by atoms with E-state index >= 15 is 0 Å². The molecule has 2 nitrogen and oxygen atoms in total. The molecule has 0 fully saturated rings. The summed E-state index contributed by atoms with van der Waals surface area (Å²) >= 11 is 2.89. The lowest BCUT2D eigenvalue weighted by atomic mass is 10.3. The maximum atomic E-state index is 10.9. The molecule has 0 aliphatic rings. The monoisotopic (exact) mass is 197 g/mol. The largest absolute Gasteiger partial charge is 0.294 e. The van der Waals surface area contributed by atoms with Gasteiger partial charge in [0.25, 0.3) is 0 Å². The van der Waals surface area contributed by atoms with Gasteiger partial charge >= 0.3 is 0 Å². The number of nitrogens with zero attached hydrogens (tertiary/aromatic N) is 1. The predicted octanol–water partition coefficient (Wildman–Crippen LogP) is 2.54. The minimum Gasteiger partial charge on any atom is -0.294 e. The molecular weight excluding hydrogens is 190 g/mol. The molecule has 0 amide bonds. The van der Waals surface area contributed by atoms with Gasteiger partial charge in [-0.2, -0.15) is 5.26 Å². The highest BCUT2D eigenvalue weighted by Crippen LogP contribution is 2.30. The number of thioether (sulfide) groups is 1. The molecule has 4 heteroatoms. The Morgan fingerprint density at radius 3 is 2.75 bits per heavy atom. The number of thiophene rings is 1. The lowest BCUT2D eigenvalue weighted by Crippen LogP contribution is -1.83. The third-order valence-electron chi connectivity index (χ3n) is 1.35. The Bertz CT molecular complexity index is 348. The van der Waals surface area contributed by atoms with Crippen LogP contribution < -0.4 is 0 Å². The van der Waals surface area contributed by atoms with Crippen molar-refractivity contribution in [2.75, 3.05) is 6.26 Å². The molecule has 0 saturated carbocycles. The highest BCUT2D eigenvalue weighted by Gasteiger charge is 2.09. The quantitative estimate of drug-likeness (QED) is 0.540. The lowest BCUT2D eigenvalue weighted by Gasteiger charge is -1.85. The summed E-state index contributed by atoms with van der Waals surface area (Å²) in [5.74, 6) is 0.0248. The summed E-state index contributed by atoms with van der Waals surface area (Å²) in [6, 6.07) is 3.71. The Morgan fingerprint density at radius 1 is 1.75 bits per heavy atom. The van der Waals surface area contributed by atoms with E-state index < -0.39 is 0 Å². The molecule has 12 heavy (non-hydrogen) atoms. The zero-order chi connectivity index (χ0) is 9.14. The van der Waals surface area contributed by atoms with Gasteiger partial charge in [-0.1, -0.05) is 0 Å². The van der Waals surface area contributed by atoms with Crippen LogP contribution >= 0.6 is 23.1 Å². The normalized spacial score (nSPS) is 9.42. The molecule has 62 valence electrons. The van der Waals surface area contributed by atoms with Gasteiger partial charge < -0.3 is 0 Å². The van der Waals surface area contributed by atoms with Crippen LogP contribution in [0.15, 0.2) is 10.3 Å². The Hall–Kier alpha value is -0.790. The lowest BCUT2D eigenvalue weighted by molar-refractivity contribution is 0.102. The molecule has 0 N–H and O–H groups in total. The molecule has 0 aromatic carbocycles. The number of hydrogen-bond acceptors (Lipinski definition) is 4. The molecule has 0 aliphatic carbocycles. The van der Waals surface area contributed by atoms with Crippen LogP contribution in [0.5, 0.6) is 0 Å². The van der Waals surface area contributed by atoms with E-state index in [1.165, 1.54) is 30.0 Å². The second kappa shape index (κ2) is 3.74. The van der Waals surface area contributed by atoms with Crippen molar-refractivity contribution in [2.24, 2.45) is 0 Å². The van der Waals surface area contributed by atoms with Gasteiger partial charge in [-0.3, -0.25) is 4.79 Å². The maximum Gasteiger partial charge on any atom is 0.169 e. The van der Waals surface area contributed by atoms with Crippen LogP contribution in [-0.4, -0.2) is 12.0 Å². The molecule has 0 aliphatic heterocycles. The van der Waals surface area contributed by atoms with Crippen molar-refractivity contribution in [3.05, 3.63) is 16.5 Å². The molecule has 1 aromatic heterocycles. The summed E-state index contributed by atoms with van der Waals surface area (Å²) in [5.41, 5.74) is 0.609. The molecule has 0 spiro atoms. The Morgan fingerprint density at radius 2 is 2.42 bits per heavy atom. The van der Waals surface area contributed by atoms with E-state index in [1.807, 2.05) is 6.26 Å². The van der Waals surface area contributed by atoms with Crippen LogP contribution in [0.3, 0.4) is 0 Å². The van der Waals surface area contributed by atoms with Crippen LogP contribution in [0.1, 0.15) is 22.2 Å². The summed E-state index contributed by atoms with van der Waals surface area (Å²) in [5, 5.41) is 8.68. The van der Waals surface area contributed by atoms with E-state index in [2.05, 4.69) is 6.07 Å². The summed E-state index contributed by atoms with van der Waals surface area (Å²) in [6.07, 6.45) is 1.90. The van der Waals surface area contributed by atoms with Crippen LogP contribution in [0, 0.1) is 11.3 Å². The fraction of sp³-hybridized carbons (Fsp3) is 0.250. The minimum absolute atomic E-state index is 0.0248. The molecular formula is C8H7NOS2. The first-order valence-electron chi connectivity index (χ1n) is 3.28. The first kappa shape index (κ1) is 9.30. The predicted molar refractivity (Wildman–Crippen MR) is 50.8 cm³/mol. The van der Waals surface area contributed by atoms with Crippen LogP contribution in [0.4, 0.5) is 0 Å². The molecule has 1 aromatic rings. The summed E-state index contributed by atoms with van der Waals surface area (Å²) in [4.78, 5) is 11.6. The highest BCUT2D eigenvalue weighted by atomic mass is 32.2. The molecule has 1 heterocycles. The number of carbonyl (C=O) groups is 1. The summed E-state index contributed by atoms with van der Waals surface area (Å²) < 4.78 is 0.919. The number of hydrogen-bond donors (Lipinski definition) is 0. The molecule has 0 unspecified atom stereocenters. The van der Waals surface area contributed by atoms with Crippen molar-refractivity contribution in [1.29, 1.82) is 5.26 Å². The molecule has 0 atom stereocenters. The number of carbonyl (C=O) groups excluding carboxylic acids is 1. The Kier molecular flexibility index (Phi) is 2.90. The van der Waals surface area contributed by atoms with Crippen LogP contribution in [-0.2, 0) is 0 Å². The van der Waals surface area contributed by atoms with Crippen molar-refractivity contribution in [1.82, 2.24) is 0 Å². The summed E-state index contributed by atoms with van der Waals surface area (Å²) in [7, 11) is 0. The van der Waals surface area contributed by atoms with E-state index in [9.17, 15) is 4.79 Å². The maximum absolute atomic E-state index is 10.9. The van der Waals surface area contributed by atoms with Gasteiger partial charge in [-0.15, -0.1) is 23.1 Å². The van der Waals surface area contributed by atoms with Gasteiger partial charge in [0.2, 0.25) is 0 Å². The van der Waals surface area contributed by atoms with Gasteiger partial charge in [0.15, 0.2) is 5.78 Å². The fourth-order valence-electron chi connectivity index (χ4n) is 0.777. The zero-order valence-corrected chi connectivity index (χ0v) is 8.38. The van der Waals surface area contributed by atoms with Gasteiger partial charge in [-0.05, 0) is 19.2 Å². The first-order chi connectivity index (χ1) is 5.69.